The molecule has 8 heteroatoms. The summed E-state index contributed by atoms with van der Waals surface area (Å²) in [5.74, 6) is 0.677. The summed E-state index contributed by atoms with van der Waals surface area (Å²) in [7, 11) is 1.88. The Bertz CT molecular complexity index is 869. The van der Waals surface area contributed by atoms with Crippen molar-refractivity contribution in [2.45, 2.75) is 13.5 Å². The minimum atomic E-state index is 0.471. The fourth-order valence-electron chi connectivity index (χ4n) is 2.23. The highest BCUT2D eigenvalue weighted by Gasteiger charge is 2.07. The number of nitrogens with zero attached hydrogens (tertiary/aromatic N) is 4. The van der Waals surface area contributed by atoms with Gasteiger partial charge in [0.25, 0.3) is 0 Å². The van der Waals surface area contributed by atoms with Gasteiger partial charge in [0.1, 0.15) is 0 Å². The number of benzene rings is 1. The molecule has 0 bridgehead atoms. The molecule has 1 aromatic carbocycles. The van der Waals surface area contributed by atoms with E-state index in [4.69, 9.17) is 23.8 Å². The Kier molecular flexibility index (Phi) is 4.82. The summed E-state index contributed by atoms with van der Waals surface area (Å²) in [4.78, 5) is 0. The fourth-order valence-corrected chi connectivity index (χ4v) is 2.66. The summed E-state index contributed by atoms with van der Waals surface area (Å²) in [6, 6.07) is 9.58. The van der Waals surface area contributed by atoms with Crippen molar-refractivity contribution in [3.63, 3.8) is 0 Å². The van der Waals surface area contributed by atoms with E-state index >= 15 is 0 Å². The summed E-state index contributed by atoms with van der Waals surface area (Å²) in [6.45, 7) is 2.61. The predicted octanol–water partition coefficient (Wildman–Crippen LogP) is 3.44. The van der Waals surface area contributed by atoms with Crippen LogP contribution in [0.4, 0.5) is 11.5 Å². The van der Waals surface area contributed by atoms with Gasteiger partial charge < -0.3 is 10.6 Å². The average Bonchev–Trinajstić information content (AvgIpc) is 3.09. The van der Waals surface area contributed by atoms with Gasteiger partial charge in [0.05, 0.1) is 24.1 Å². The lowest BCUT2D eigenvalue weighted by Crippen LogP contribution is -2.20. The van der Waals surface area contributed by atoms with Crippen LogP contribution in [-0.4, -0.2) is 24.7 Å². The average molecular weight is 361 g/mol. The summed E-state index contributed by atoms with van der Waals surface area (Å²) in [5.41, 5.74) is 2.96. The van der Waals surface area contributed by atoms with E-state index in [2.05, 4.69) is 20.8 Å². The Morgan fingerprint density at radius 3 is 2.83 bits per heavy atom. The Balaban J connectivity index is 1.61. The number of nitrogens with one attached hydrogen (secondary N) is 2. The maximum Gasteiger partial charge on any atom is 0.176 e. The Labute approximate surface area is 150 Å². The first-order valence-corrected chi connectivity index (χ1v) is 8.14. The Morgan fingerprint density at radius 2 is 2.12 bits per heavy atom. The van der Waals surface area contributed by atoms with E-state index in [0.29, 0.717) is 17.5 Å². The molecule has 3 rings (SSSR count). The van der Waals surface area contributed by atoms with Gasteiger partial charge in [-0.05, 0) is 36.8 Å². The van der Waals surface area contributed by atoms with E-state index in [0.717, 1.165) is 22.0 Å². The molecule has 0 atom stereocenters. The zero-order valence-electron chi connectivity index (χ0n) is 13.3. The van der Waals surface area contributed by atoms with Crippen LogP contribution in [0.3, 0.4) is 0 Å². The maximum absolute atomic E-state index is 6.00. The number of thiocarbonyl (C=S) groups is 1. The molecule has 0 aliphatic rings. The molecule has 2 aromatic heterocycles. The van der Waals surface area contributed by atoms with Gasteiger partial charge in [0.15, 0.2) is 10.9 Å². The third-order valence-corrected chi connectivity index (χ3v) is 4.04. The van der Waals surface area contributed by atoms with Gasteiger partial charge >= 0.3 is 0 Å². The molecular weight excluding hydrogens is 344 g/mol. The van der Waals surface area contributed by atoms with Crippen molar-refractivity contribution in [1.29, 1.82) is 0 Å². The van der Waals surface area contributed by atoms with E-state index in [1.807, 2.05) is 55.2 Å². The molecule has 0 fully saturated rings. The summed E-state index contributed by atoms with van der Waals surface area (Å²) >= 11 is 11.3. The van der Waals surface area contributed by atoms with E-state index in [9.17, 15) is 0 Å². The van der Waals surface area contributed by atoms with Crippen LogP contribution in [0.25, 0.3) is 0 Å². The van der Waals surface area contributed by atoms with E-state index in [-0.39, 0.29) is 0 Å². The van der Waals surface area contributed by atoms with E-state index in [1.165, 1.54) is 0 Å². The molecule has 6 nitrogen and oxygen atoms in total. The molecule has 3 aromatic rings. The molecule has 0 saturated carbocycles. The minimum Gasteiger partial charge on any atom is -0.330 e. The van der Waals surface area contributed by atoms with Crippen LogP contribution in [0.1, 0.15) is 11.3 Å². The highest BCUT2D eigenvalue weighted by Crippen LogP contribution is 2.14. The molecule has 0 aliphatic carbocycles. The second-order valence-electron chi connectivity index (χ2n) is 5.37. The second-order valence-corrected chi connectivity index (χ2v) is 6.22. The lowest BCUT2D eigenvalue weighted by molar-refractivity contribution is 0.690. The SMILES string of the molecule is Cc1c(NC(=S)Nc2ccn(Cc3cccc(Cl)c3)n2)cnn1C. The lowest BCUT2D eigenvalue weighted by atomic mass is 10.2. The molecule has 0 saturated heterocycles. The second kappa shape index (κ2) is 7.02. The third kappa shape index (κ3) is 3.93. The standard InChI is InChI=1S/C16H17ClN6S/c1-11-14(9-18-22(11)2)19-16(24)20-15-6-7-23(21-15)10-12-4-3-5-13(17)8-12/h3-9H,10H2,1-2H3,(H2,19,20,21,24). The number of anilines is 2. The number of hydrogen-bond donors (Lipinski definition) is 2. The fraction of sp³-hybridized carbons (Fsp3) is 0.188. The quantitative estimate of drug-likeness (QED) is 0.698. The molecule has 2 N–H and O–H groups in total. The van der Waals surface area contributed by atoms with Crippen molar-refractivity contribution in [1.82, 2.24) is 19.6 Å². The molecule has 124 valence electrons. The molecule has 0 spiro atoms. The van der Waals surface area contributed by atoms with Gasteiger partial charge in [-0.3, -0.25) is 9.36 Å². The van der Waals surface area contributed by atoms with Crippen molar-refractivity contribution < 1.29 is 0 Å². The lowest BCUT2D eigenvalue weighted by Gasteiger charge is -2.08. The van der Waals surface area contributed by atoms with Gasteiger partial charge in [0.2, 0.25) is 0 Å². The molecule has 2 heterocycles. The third-order valence-electron chi connectivity index (χ3n) is 3.60. The maximum atomic E-state index is 6.00. The minimum absolute atomic E-state index is 0.471. The Morgan fingerprint density at radius 1 is 1.29 bits per heavy atom. The van der Waals surface area contributed by atoms with Gasteiger partial charge in [-0.25, -0.2) is 0 Å². The highest BCUT2D eigenvalue weighted by atomic mass is 35.5. The number of aryl methyl sites for hydroxylation is 1. The molecule has 24 heavy (non-hydrogen) atoms. The van der Waals surface area contributed by atoms with Crippen LogP contribution in [-0.2, 0) is 13.6 Å². The van der Waals surface area contributed by atoms with Crippen LogP contribution >= 0.6 is 23.8 Å². The van der Waals surface area contributed by atoms with Gasteiger partial charge in [-0.15, -0.1) is 0 Å². The topological polar surface area (TPSA) is 59.7 Å². The van der Waals surface area contributed by atoms with Crippen LogP contribution < -0.4 is 10.6 Å². The van der Waals surface area contributed by atoms with Crippen LogP contribution in [0.2, 0.25) is 5.02 Å². The van der Waals surface area contributed by atoms with Crippen molar-refractivity contribution >= 4 is 40.4 Å². The number of halogens is 1. The van der Waals surface area contributed by atoms with E-state index in [1.54, 1.807) is 10.9 Å². The summed E-state index contributed by atoms with van der Waals surface area (Å²) < 4.78 is 3.61. The highest BCUT2D eigenvalue weighted by molar-refractivity contribution is 7.80. The van der Waals surface area contributed by atoms with Crippen LogP contribution in [0.5, 0.6) is 0 Å². The number of rotatable bonds is 4. The number of hydrogen-bond acceptors (Lipinski definition) is 3. The normalized spacial score (nSPS) is 10.6. The predicted molar refractivity (Wildman–Crippen MR) is 101 cm³/mol. The van der Waals surface area contributed by atoms with Crippen molar-refractivity contribution in [2.24, 2.45) is 7.05 Å². The first-order valence-electron chi connectivity index (χ1n) is 7.36. The Hall–Kier alpha value is -2.38. The zero-order valence-corrected chi connectivity index (χ0v) is 14.9. The zero-order chi connectivity index (χ0) is 17.1. The molecule has 0 amide bonds. The molecule has 0 unspecified atom stereocenters. The largest absolute Gasteiger partial charge is 0.330 e. The smallest absolute Gasteiger partial charge is 0.176 e. The first kappa shape index (κ1) is 16.5. The van der Waals surface area contributed by atoms with Gasteiger partial charge in [-0.2, -0.15) is 10.2 Å². The summed E-state index contributed by atoms with van der Waals surface area (Å²) in [6.07, 6.45) is 3.63. The first-order chi connectivity index (χ1) is 11.5. The van der Waals surface area contributed by atoms with Crippen molar-refractivity contribution in [3.8, 4) is 0 Å². The van der Waals surface area contributed by atoms with Gasteiger partial charge in [-0.1, -0.05) is 23.7 Å². The molecular formula is C16H17ClN6S. The van der Waals surface area contributed by atoms with Crippen molar-refractivity contribution in [2.75, 3.05) is 10.6 Å². The number of aromatic nitrogens is 4. The van der Waals surface area contributed by atoms with Crippen LogP contribution in [0.15, 0.2) is 42.7 Å². The van der Waals surface area contributed by atoms with Crippen LogP contribution in [0, 0.1) is 6.92 Å². The monoisotopic (exact) mass is 360 g/mol. The van der Waals surface area contributed by atoms with E-state index < -0.39 is 0 Å². The van der Waals surface area contributed by atoms with Gasteiger partial charge in [0, 0.05) is 24.3 Å². The molecule has 0 aliphatic heterocycles. The van der Waals surface area contributed by atoms with Crippen molar-refractivity contribution in [3.05, 3.63) is 59.0 Å². The molecule has 0 radical (unpaired) electrons. The summed E-state index contributed by atoms with van der Waals surface area (Å²) in [5, 5.41) is 16.0.